The number of para-hydroxylation sites is 1. The van der Waals surface area contributed by atoms with Gasteiger partial charge in [0.05, 0.1) is 50.5 Å². The van der Waals surface area contributed by atoms with Crippen LogP contribution in [0, 0.1) is 50.4 Å². The van der Waals surface area contributed by atoms with Crippen LogP contribution in [0.15, 0.2) is 42.5 Å². The first-order valence-corrected chi connectivity index (χ1v) is 28.7. The van der Waals surface area contributed by atoms with Crippen LogP contribution in [0.2, 0.25) is 0 Å². The van der Waals surface area contributed by atoms with Gasteiger partial charge in [0.25, 0.3) is 0 Å². The number of phenolic OH excluding ortho intramolecular Hbond substituents is 4. The lowest BCUT2D eigenvalue weighted by atomic mass is 9.71. The number of nitrogens with two attached hydrogens (primary N) is 1. The van der Waals surface area contributed by atoms with E-state index < -0.39 is 24.2 Å². The molecule has 21 nitrogen and oxygen atoms in total. The predicted octanol–water partition coefficient (Wildman–Crippen LogP) is 5.90. The third-order valence-electron chi connectivity index (χ3n) is 19.0. The highest BCUT2D eigenvalue weighted by atomic mass is 32.1. The summed E-state index contributed by atoms with van der Waals surface area (Å²) >= 11 is 5.47. The topological polar surface area (TPSA) is 276 Å². The maximum atomic E-state index is 13.6. The van der Waals surface area contributed by atoms with E-state index in [2.05, 4.69) is 53.8 Å². The smallest absolute Gasteiger partial charge is 0.242 e. The van der Waals surface area contributed by atoms with Crippen molar-refractivity contribution in [3.8, 4) is 69.6 Å². The van der Waals surface area contributed by atoms with Crippen LogP contribution in [0.3, 0.4) is 0 Å². The number of methoxy groups -OCH3 is 2. The minimum Gasteiger partial charge on any atom is -0.507 e. The van der Waals surface area contributed by atoms with Gasteiger partial charge < -0.3 is 70.5 Å². The molecule has 84 heavy (non-hydrogen) atoms. The SMILES string of the molecule is COc1c(C)cc2c(c1O)[C@@H]1C3Cc4c(O)c(C)c5c(c4[C@H](CN)N3[C@@H](C#N)[C@H](C2)N1C)OCO5.COc1c(C)cc2c(c1O)[C@@H]1C3Cc4c(O)c(C)c5c(c4[C@H](CNC(=O)[C@H](C)NC(=S)Nc4ccccc4)N3[C@@H](C#N)[C@H](C2)N1C)OCO5. The van der Waals surface area contributed by atoms with Crippen molar-refractivity contribution in [2.45, 2.75) is 127 Å². The minimum absolute atomic E-state index is 0.00253. The first kappa shape index (κ1) is 56.5. The number of aromatic hydroxyl groups is 4. The first-order valence-electron chi connectivity index (χ1n) is 28.3. The number of hydrogen-bond acceptors (Lipinski definition) is 19. The minimum atomic E-state index is -0.683. The summed E-state index contributed by atoms with van der Waals surface area (Å²) in [5, 5.41) is 76.7. The molecule has 0 aliphatic carbocycles. The Hall–Kier alpha value is -7.96. The second kappa shape index (κ2) is 21.6. The Balaban J connectivity index is 0.000000174. The van der Waals surface area contributed by atoms with Gasteiger partial charge in [0, 0.05) is 87.5 Å². The molecular formula is C62H70N10O11S. The van der Waals surface area contributed by atoms with Crippen molar-refractivity contribution in [1.29, 1.82) is 10.5 Å². The van der Waals surface area contributed by atoms with Crippen LogP contribution >= 0.6 is 12.2 Å². The van der Waals surface area contributed by atoms with E-state index in [-0.39, 0.29) is 97.9 Å². The molecule has 8 aliphatic heterocycles. The predicted molar refractivity (Wildman–Crippen MR) is 313 cm³/mol. The molecule has 0 radical (unpaired) electrons. The fourth-order valence-electron chi connectivity index (χ4n) is 15.4. The fraction of sp³-hybridized carbons (Fsp3) is 0.452. The normalized spacial score (nSPS) is 26.0. The number of anilines is 1. The maximum absolute atomic E-state index is 13.6. The van der Waals surface area contributed by atoms with E-state index in [1.54, 1.807) is 28.1 Å². The van der Waals surface area contributed by atoms with Gasteiger partial charge in [-0.15, -0.1) is 0 Å². The molecule has 9 N–H and O–H groups in total. The highest BCUT2D eigenvalue weighted by molar-refractivity contribution is 7.80. The van der Waals surface area contributed by atoms with Crippen molar-refractivity contribution in [2.75, 3.05) is 60.3 Å². The number of phenols is 4. The Morgan fingerprint density at radius 1 is 0.690 bits per heavy atom. The number of carbonyl (C=O) groups excluding carboxylic acids is 1. The fourth-order valence-corrected chi connectivity index (χ4v) is 15.7. The van der Waals surface area contributed by atoms with Crippen molar-refractivity contribution in [2.24, 2.45) is 5.73 Å². The number of carbonyl (C=O) groups is 1. The lowest BCUT2D eigenvalue weighted by Crippen LogP contribution is -2.68. The molecule has 22 heteroatoms. The summed E-state index contributed by atoms with van der Waals surface area (Å²) in [6.45, 7) is 9.61. The van der Waals surface area contributed by atoms with E-state index in [1.165, 1.54) is 0 Å². The van der Waals surface area contributed by atoms with E-state index in [9.17, 15) is 35.7 Å². The number of nitrogens with one attached hydrogen (secondary N) is 3. The molecule has 0 spiro atoms. The first-order chi connectivity index (χ1) is 40.4. The summed E-state index contributed by atoms with van der Waals surface area (Å²) < 4.78 is 34.6. The number of nitriles is 2. The number of fused-ring (bicyclic) bond motifs is 18. The number of amides is 1. The van der Waals surface area contributed by atoms with Crippen LogP contribution in [-0.2, 0) is 30.5 Å². The quantitative estimate of drug-likeness (QED) is 0.0841. The number of thiocarbonyl (C=S) groups is 1. The molecule has 4 bridgehead atoms. The summed E-state index contributed by atoms with van der Waals surface area (Å²) in [4.78, 5) is 22.3. The lowest BCUT2D eigenvalue weighted by molar-refractivity contribution is -0.123. The number of likely N-dealkylation sites (N-methyl/N-ethyl adjacent to an activating group) is 2. The van der Waals surface area contributed by atoms with Crippen LogP contribution < -0.4 is 50.1 Å². The standard InChI is InChI=1S/C36H40N6O6S.C26H30N4O5/c1-17-11-20-12-23-25(14-37)42-24(29(41(23)4)27(20)31(44)32(17)46-5)13-22-28(34-33(47-16-48-34)18(2)30(22)43)26(42)15-38-35(45)19(3)39-36(49)40-21-9-7-6-8-10-21;1-11-5-13-6-15-17(8-27)30-16(21(29(15)3)19(13)23(32)24(11)33-4)7-14-20(18(30)9-28)26-25(34-10-35-26)12(2)22(14)31/h6-11,19,23-26,29,43-44H,12-13,15-16H2,1-5H3,(H,38,45)(H2,39,40,49);5,15-18,21,31-32H,6-7,9-10,28H2,1-4H3/t19-,23-,24?,25-,26-,29-;15-,16?,17-,18-,21-/m00/s1. The molecule has 8 heterocycles. The summed E-state index contributed by atoms with van der Waals surface area (Å²) in [6, 6.07) is 14.7. The number of nitrogens with zero attached hydrogens (tertiary/aromatic N) is 6. The van der Waals surface area contributed by atoms with Gasteiger partial charge >= 0.3 is 0 Å². The van der Waals surface area contributed by atoms with Gasteiger partial charge in [-0.3, -0.25) is 24.4 Å². The number of hydrogen-bond donors (Lipinski definition) is 8. The van der Waals surface area contributed by atoms with Crippen LogP contribution in [0.1, 0.15) is 97.9 Å². The number of piperazine rings is 2. The van der Waals surface area contributed by atoms with Crippen LogP contribution in [-0.4, -0.2) is 148 Å². The lowest BCUT2D eigenvalue weighted by Gasteiger charge is -2.60. The number of ether oxygens (including phenoxy) is 6. The highest BCUT2D eigenvalue weighted by Crippen LogP contribution is 2.60. The second-order valence-corrected chi connectivity index (χ2v) is 23.6. The van der Waals surface area contributed by atoms with Crippen molar-refractivity contribution in [1.82, 2.24) is 30.2 Å². The maximum Gasteiger partial charge on any atom is 0.242 e. The van der Waals surface area contributed by atoms with E-state index in [0.717, 1.165) is 50.2 Å². The Bertz CT molecular complexity index is 3630. The van der Waals surface area contributed by atoms with Gasteiger partial charge in [-0.05, 0) is 121 Å². The summed E-state index contributed by atoms with van der Waals surface area (Å²) in [5.41, 5.74) is 16.7. The number of aryl methyl sites for hydroxylation is 2. The van der Waals surface area contributed by atoms with Crippen LogP contribution in [0.5, 0.6) is 57.5 Å². The monoisotopic (exact) mass is 1160 g/mol. The summed E-state index contributed by atoms with van der Waals surface area (Å²) in [6.07, 6.45) is 2.01. The molecule has 2 fully saturated rings. The van der Waals surface area contributed by atoms with E-state index >= 15 is 0 Å². The molecule has 1 amide bonds. The van der Waals surface area contributed by atoms with E-state index in [1.807, 2.05) is 71.3 Å². The average Bonchev–Trinajstić information content (AvgIpc) is 0.921. The molecule has 5 aromatic carbocycles. The van der Waals surface area contributed by atoms with Crippen LogP contribution in [0.4, 0.5) is 5.69 Å². The van der Waals surface area contributed by atoms with E-state index in [0.29, 0.717) is 87.5 Å². The zero-order valence-electron chi connectivity index (χ0n) is 48.4. The van der Waals surface area contributed by atoms with Crippen molar-refractivity contribution < 1.29 is 53.6 Å². The third kappa shape index (κ3) is 8.54. The zero-order valence-corrected chi connectivity index (χ0v) is 49.2. The van der Waals surface area contributed by atoms with Crippen molar-refractivity contribution >= 4 is 28.9 Å². The Morgan fingerprint density at radius 3 is 1.60 bits per heavy atom. The van der Waals surface area contributed by atoms with Gasteiger partial charge in [-0.1, -0.05) is 30.3 Å². The van der Waals surface area contributed by atoms with Gasteiger partial charge in [0.2, 0.25) is 19.5 Å². The van der Waals surface area contributed by atoms with Gasteiger partial charge in [-0.25, -0.2) is 0 Å². The molecule has 2 unspecified atom stereocenters. The molecule has 0 saturated carbocycles. The van der Waals surface area contributed by atoms with Crippen molar-refractivity contribution in [3.05, 3.63) is 109 Å². The molecule has 5 aromatic rings. The molecule has 8 aliphatic rings. The molecule has 0 aromatic heterocycles. The Labute approximate surface area is 492 Å². The Kier molecular flexibility index (Phi) is 14.5. The number of benzene rings is 5. The molecule has 2 saturated heterocycles. The van der Waals surface area contributed by atoms with Gasteiger partial charge in [0.15, 0.2) is 51.1 Å². The van der Waals surface area contributed by atoms with Gasteiger partial charge in [0.1, 0.15) is 29.6 Å². The largest absolute Gasteiger partial charge is 0.507 e. The summed E-state index contributed by atoms with van der Waals surface area (Å²) in [5.74, 6) is 3.25. The third-order valence-corrected chi connectivity index (χ3v) is 19.3. The molecule has 440 valence electrons. The van der Waals surface area contributed by atoms with Crippen LogP contribution in [0.25, 0.3) is 0 Å². The summed E-state index contributed by atoms with van der Waals surface area (Å²) in [7, 11) is 7.11. The number of rotatable bonds is 8. The molecule has 11 atom stereocenters. The highest BCUT2D eigenvalue weighted by Gasteiger charge is 2.59. The Morgan fingerprint density at radius 2 is 1.14 bits per heavy atom. The van der Waals surface area contributed by atoms with Gasteiger partial charge in [-0.2, -0.15) is 10.5 Å². The zero-order chi connectivity index (χ0) is 59.5. The van der Waals surface area contributed by atoms with E-state index in [4.69, 9.17) is 46.4 Å². The average molecular weight is 1160 g/mol. The molecule has 13 rings (SSSR count). The van der Waals surface area contributed by atoms with Crippen molar-refractivity contribution in [3.63, 3.8) is 0 Å². The molecular weight excluding hydrogens is 1090 g/mol. The second-order valence-electron chi connectivity index (χ2n) is 23.2.